The molecule has 0 N–H and O–H groups in total. The second kappa shape index (κ2) is 3.59. The number of carbonyl (C=O) groups is 1. The Kier molecular flexibility index (Phi) is 2.50. The molecule has 0 radical (unpaired) electrons. The van der Waals surface area contributed by atoms with Crippen molar-refractivity contribution in [1.82, 2.24) is 0 Å². The lowest BCUT2D eigenvalue weighted by atomic mass is 9.80. The highest BCUT2D eigenvalue weighted by molar-refractivity contribution is 8.05. The van der Waals surface area contributed by atoms with E-state index in [1.807, 2.05) is 6.08 Å². The van der Waals surface area contributed by atoms with E-state index in [2.05, 4.69) is 0 Å². The van der Waals surface area contributed by atoms with E-state index in [9.17, 15) is 14.9 Å². The van der Waals surface area contributed by atoms with E-state index in [4.69, 9.17) is 0 Å². The van der Waals surface area contributed by atoms with Gasteiger partial charge in [0.05, 0.1) is 10.3 Å². The normalized spacial score (nSPS) is 31.8. The number of Topliss-reactive ketones (excluding diaryl/α,β-unsaturated/α-hetero) is 1. The summed E-state index contributed by atoms with van der Waals surface area (Å²) in [7, 11) is 0. The quantitative estimate of drug-likeness (QED) is 0.546. The third-order valence-corrected chi connectivity index (χ3v) is 4.47. The summed E-state index contributed by atoms with van der Waals surface area (Å²) in [4.78, 5) is 22.5. The van der Waals surface area contributed by atoms with Crippen LogP contribution in [0.25, 0.3) is 0 Å². The van der Waals surface area contributed by atoms with Crippen molar-refractivity contribution in [2.75, 3.05) is 0 Å². The molecule has 0 aromatic rings. The van der Waals surface area contributed by atoms with Crippen LogP contribution in [0.2, 0.25) is 0 Å². The molecule has 84 valence electrons. The monoisotopic (exact) mass is 237 g/mol. The molecule has 2 atom stereocenters. The second-order valence-corrected chi connectivity index (χ2v) is 5.26. The predicted octanol–water partition coefficient (Wildman–Crippen LogP) is 2.31. The molecule has 5 heteroatoms. The summed E-state index contributed by atoms with van der Waals surface area (Å²) in [6.45, 7) is 3.29. The summed E-state index contributed by atoms with van der Waals surface area (Å²) in [6.07, 6.45) is 6.83. The maximum absolute atomic E-state index is 11.3. The Hall–Kier alpha value is -1.36. The van der Waals surface area contributed by atoms with E-state index < -0.39 is 5.41 Å². The Bertz CT molecular complexity index is 464. The Balaban J connectivity index is 2.47. The number of nitrogens with zero attached hydrogens (tertiary/aromatic N) is 1. The van der Waals surface area contributed by atoms with Gasteiger partial charge in [-0.05, 0) is 19.9 Å². The van der Waals surface area contributed by atoms with Gasteiger partial charge in [-0.25, -0.2) is 0 Å². The average molecular weight is 237 g/mol. The number of ketones is 1. The number of hydrogen-bond donors (Lipinski definition) is 0. The molecular weight excluding hydrogens is 226 g/mol. The number of thioether (sulfide) groups is 1. The van der Waals surface area contributed by atoms with Gasteiger partial charge in [-0.15, -0.1) is 11.8 Å². The lowest BCUT2D eigenvalue weighted by molar-refractivity contribution is -0.437. The van der Waals surface area contributed by atoms with Gasteiger partial charge in [0.15, 0.2) is 5.78 Å². The van der Waals surface area contributed by atoms with Gasteiger partial charge in [-0.2, -0.15) is 0 Å². The maximum atomic E-state index is 11.3. The van der Waals surface area contributed by atoms with Crippen LogP contribution in [0.3, 0.4) is 0 Å². The Morgan fingerprint density at radius 2 is 2.31 bits per heavy atom. The van der Waals surface area contributed by atoms with Crippen molar-refractivity contribution in [3.8, 4) is 0 Å². The zero-order valence-electron chi connectivity index (χ0n) is 8.97. The number of rotatable bonds is 2. The van der Waals surface area contributed by atoms with E-state index in [1.165, 1.54) is 24.8 Å². The van der Waals surface area contributed by atoms with Gasteiger partial charge in [0.25, 0.3) is 5.70 Å². The third kappa shape index (κ3) is 1.51. The van der Waals surface area contributed by atoms with Gasteiger partial charge >= 0.3 is 0 Å². The molecule has 0 fully saturated rings. The van der Waals surface area contributed by atoms with Crippen molar-refractivity contribution >= 4 is 17.5 Å². The fourth-order valence-electron chi connectivity index (χ4n) is 1.98. The molecule has 16 heavy (non-hydrogen) atoms. The smallest absolute Gasteiger partial charge is 0.257 e. The zero-order chi connectivity index (χ0) is 11.9. The first-order valence-corrected chi connectivity index (χ1v) is 5.77. The summed E-state index contributed by atoms with van der Waals surface area (Å²) < 4.78 is 0. The van der Waals surface area contributed by atoms with Crippen molar-refractivity contribution in [3.63, 3.8) is 0 Å². The van der Waals surface area contributed by atoms with E-state index in [0.29, 0.717) is 4.91 Å². The topological polar surface area (TPSA) is 60.2 Å². The molecule has 4 nitrogen and oxygen atoms in total. The summed E-state index contributed by atoms with van der Waals surface area (Å²) in [6, 6.07) is 0. The van der Waals surface area contributed by atoms with Crippen LogP contribution in [0.4, 0.5) is 0 Å². The lowest BCUT2D eigenvalue weighted by Crippen LogP contribution is -2.31. The SMILES string of the molecule is CC(=O)C1=CC2(C)C([N+](=O)[O-])=CC=CC2S1. The number of nitro groups is 1. The van der Waals surface area contributed by atoms with Gasteiger partial charge in [-0.1, -0.05) is 12.2 Å². The van der Waals surface area contributed by atoms with Crippen LogP contribution < -0.4 is 0 Å². The number of carbonyl (C=O) groups excluding carboxylic acids is 1. The average Bonchev–Trinajstić information content (AvgIpc) is 2.54. The fraction of sp³-hybridized carbons (Fsp3) is 0.364. The molecule has 0 aromatic heterocycles. The third-order valence-electron chi connectivity index (χ3n) is 2.91. The Morgan fingerprint density at radius 3 is 2.88 bits per heavy atom. The van der Waals surface area contributed by atoms with Gasteiger partial charge in [0.2, 0.25) is 0 Å². The lowest BCUT2D eigenvalue weighted by Gasteiger charge is -2.26. The molecule has 0 amide bonds. The van der Waals surface area contributed by atoms with Crippen molar-refractivity contribution in [1.29, 1.82) is 0 Å². The summed E-state index contributed by atoms with van der Waals surface area (Å²) in [5.41, 5.74) is -0.507. The van der Waals surface area contributed by atoms with Crippen molar-refractivity contribution in [2.24, 2.45) is 5.41 Å². The zero-order valence-corrected chi connectivity index (χ0v) is 9.78. The number of allylic oxidation sites excluding steroid dienone is 4. The summed E-state index contributed by atoms with van der Waals surface area (Å²) >= 11 is 1.40. The Morgan fingerprint density at radius 1 is 1.62 bits per heavy atom. The molecule has 1 heterocycles. The molecule has 1 aliphatic carbocycles. The molecule has 1 aliphatic heterocycles. The van der Waals surface area contributed by atoms with Crippen molar-refractivity contribution < 1.29 is 9.72 Å². The highest BCUT2D eigenvalue weighted by Gasteiger charge is 2.48. The molecule has 0 spiro atoms. The molecule has 0 aromatic carbocycles. The first kappa shape index (κ1) is 11.1. The maximum Gasteiger partial charge on any atom is 0.257 e. The minimum Gasteiger partial charge on any atom is -0.294 e. The predicted molar refractivity (Wildman–Crippen MR) is 62.5 cm³/mol. The van der Waals surface area contributed by atoms with Crippen LogP contribution >= 0.6 is 11.8 Å². The summed E-state index contributed by atoms with van der Waals surface area (Å²) in [5.74, 6) is -0.0308. The van der Waals surface area contributed by atoms with Crippen LogP contribution in [0.5, 0.6) is 0 Å². The van der Waals surface area contributed by atoms with Crippen LogP contribution in [0, 0.1) is 15.5 Å². The standard InChI is InChI=1S/C11H11NO3S/c1-7(13)8-6-11(2)9(12(14)15)4-3-5-10(11)16-8/h3-6,10H,1-2H3. The molecular formula is C11H11NO3S. The highest BCUT2D eigenvalue weighted by Crippen LogP contribution is 2.51. The first-order chi connectivity index (χ1) is 7.45. The largest absolute Gasteiger partial charge is 0.294 e. The Labute approximate surface area is 97.2 Å². The van der Waals surface area contributed by atoms with Crippen LogP contribution in [0.1, 0.15) is 13.8 Å². The number of fused-ring (bicyclic) bond motifs is 1. The molecule has 0 saturated heterocycles. The van der Waals surface area contributed by atoms with Gasteiger partial charge in [-0.3, -0.25) is 14.9 Å². The molecule has 0 bridgehead atoms. The summed E-state index contributed by atoms with van der Waals surface area (Å²) in [5, 5.41) is 10.9. The van der Waals surface area contributed by atoms with Crippen molar-refractivity contribution in [3.05, 3.63) is 45.0 Å². The highest BCUT2D eigenvalue weighted by atomic mass is 32.2. The van der Waals surface area contributed by atoms with E-state index in [0.717, 1.165) is 0 Å². The van der Waals surface area contributed by atoms with E-state index in [-0.39, 0.29) is 21.7 Å². The van der Waals surface area contributed by atoms with Gasteiger partial charge in [0.1, 0.15) is 0 Å². The molecule has 2 unspecified atom stereocenters. The molecule has 2 aliphatic rings. The molecule has 2 rings (SSSR count). The van der Waals surface area contributed by atoms with Crippen LogP contribution in [-0.4, -0.2) is 16.0 Å². The van der Waals surface area contributed by atoms with Crippen molar-refractivity contribution in [2.45, 2.75) is 19.1 Å². The number of hydrogen-bond acceptors (Lipinski definition) is 4. The van der Waals surface area contributed by atoms with Crippen LogP contribution in [-0.2, 0) is 4.79 Å². The first-order valence-electron chi connectivity index (χ1n) is 4.89. The minimum absolute atomic E-state index is 0.0308. The van der Waals surface area contributed by atoms with Crippen LogP contribution in [0.15, 0.2) is 34.9 Å². The molecule has 0 saturated carbocycles. The second-order valence-electron chi connectivity index (χ2n) is 4.08. The minimum atomic E-state index is -0.663. The van der Waals surface area contributed by atoms with Gasteiger partial charge < -0.3 is 0 Å². The van der Waals surface area contributed by atoms with Gasteiger partial charge in [0, 0.05) is 16.2 Å². The fourth-order valence-corrected chi connectivity index (χ4v) is 3.33. The van der Waals surface area contributed by atoms with E-state index >= 15 is 0 Å². The van der Waals surface area contributed by atoms with E-state index in [1.54, 1.807) is 19.1 Å².